The predicted molar refractivity (Wildman–Crippen MR) is 57.0 cm³/mol. The Kier molecular flexibility index (Phi) is 3.97. The SMILES string of the molecule is CNCC#Cc1cccc(C(F)(F)F)c1C. The first kappa shape index (κ1) is 12.6. The van der Waals surface area contributed by atoms with Gasteiger partial charge in [0.15, 0.2) is 0 Å². The van der Waals surface area contributed by atoms with E-state index in [4.69, 9.17) is 0 Å². The van der Waals surface area contributed by atoms with Crippen LogP contribution in [-0.2, 0) is 6.18 Å². The van der Waals surface area contributed by atoms with Gasteiger partial charge in [0.25, 0.3) is 0 Å². The molecule has 0 aromatic heterocycles. The molecule has 0 heterocycles. The van der Waals surface area contributed by atoms with Gasteiger partial charge in [-0.1, -0.05) is 17.9 Å². The molecule has 4 heteroatoms. The van der Waals surface area contributed by atoms with Crippen LogP contribution in [0.5, 0.6) is 0 Å². The Morgan fingerprint density at radius 1 is 1.31 bits per heavy atom. The highest BCUT2D eigenvalue weighted by atomic mass is 19.4. The van der Waals surface area contributed by atoms with Crippen molar-refractivity contribution in [2.24, 2.45) is 0 Å². The first-order valence-electron chi connectivity index (χ1n) is 4.77. The van der Waals surface area contributed by atoms with Gasteiger partial charge in [0.05, 0.1) is 12.1 Å². The molecule has 0 aliphatic rings. The fraction of sp³-hybridized carbons (Fsp3) is 0.333. The molecule has 1 aromatic carbocycles. The molecule has 0 amide bonds. The summed E-state index contributed by atoms with van der Waals surface area (Å²) >= 11 is 0. The molecule has 0 spiro atoms. The first-order valence-corrected chi connectivity index (χ1v) is 4.77. The molecule has 1 nitrogen and oxygen atoms in total. The summed E-state index contributed by atoms with van der Waals surface area (Å²) in [4.78, 5) is 0. The standard InChI is InChI=1S/C12H12F3N/c1-9-10(6-4-8-16-2)5-3-7-11(9)12(13,14)15/h3,5,7,16H,8H2,1-2H3. The van der Waals surface area contributed by atoms with Crippen molar-refractivity contribution in [2.45, 2.75) is 13.1 Å². The monoisotopic (exact) mass is 227 g/mol. The highest BCUT2D eigenvalue weighted by molar-refractivity contribution is 5.45. The Bertz CT molecular complexity index is 424. The maximum atomic E-state index is 12.6. The van der Waals surface area contributed by atoms with Gasteiger partial charge in [-0.05, 0) is 31.7 Å². The van der Waals surface area contributed by atoms with Crippen LogP contribution in [0.25, 0.3) is 0 Å². The van der Waals surface area contributed by atoms with Crippen molar-refractivity contribution in [3.05, 3.63) is 34.9 Å². The van der Waals surface area contributed by atoms with E-state index in [0.717, 1.165) is 6.07 Å². The lowest BCUT2D eigenvalue weighted by molar-refractivity contribution is -0.138. The fourth-order valence-electron chi connectivity index (χ4n) is 1.31. The van der Waals surface area contributed by atoms with Gasteiger partial charge in [0, 0.05) is 5.56 Å². The smallest absolute Gasteiger partial charge is 0.309 e. The zero-order chi connectivity index (χ0) is 12.2. The van der Waals surface area contributed by atoms with Crippen molar-refractivity contribution in [1.29, 1.82) is 0 Å². The Labute approximate surface area is 92.7 Å². The molecule has 1 aromatic rings. The maximum Gasteiger partial charge on any atom is 0.416 e. The van der Waals surface area contributed by atoms with E-state index in [1.54, 1.807) is 13.1 Å². The Morgan fingerprint density at radius 3 is 2.56 bits per heavy atom. The van der Waals surface area contributed by atoms with Crippen LogP contribution in [0.1, 0.15) is 16.7 Å². The van der Waals surface area contributed by atoms with Gasteiger partial charge in [-0.15, -0.1) is 0 Å². The number of nitrogens with one attached hydrogen (secondary N) is 1. The normalized spacial score (nSPS) is 10.8. The van der Waals surface area contributed by atoms with Gasteiger partial charge in [0.1, 0.15) is 0 Å². The van der Waals surface area contributed by atoms with Crippen LogP contribution >= 0.6 is 0 Å². The highest BCUT2D eigenvalue weighted by Crippen LogP contribution is 2.32. The minimum Gasteiger partial charge on any atom is -0.309 e. The summed E-state index contributed by atoms with van der Waals surface area (Å²) in [5.74, 6) is 5.46. The largest absolute Gasteiger partial charge is 0.416 e. The van der Waals surface area contributed by atoms with Crippen molar-refractivity contribution in [1.82, 2.24) is 5.32 Å². The van der Waals surface area contributed by atoms with E-state index in [-0.39, 0.29) is 5.56 Å². The molecule has 0 atom stereocenters. The number of rotatable bonds is 1. The summed E-state index contributed by atoms with van der Waals surface area (Å²) in [5, 5.41) is 2.81. The minimum absolute atomic E-state index is 0.179. The van der Waals surface area contributed by atoms with Crippen LogP contribution in [0.15, 0.2) is 18.2 Å². The first-order chi connectivity index (χ1) is 7.46. The molecule has 0 aliphatic heterocycles. The van der Waals surface area contributed by atoms with E-state index in [2.05, 4.69) is 17.2 Å². The molecule has 86 valence electrons. The van der Waals surface area contributed by atoms with Crippen molar-refractivity contribution >= 4 is 0 Å². The van der Waals surface area contributed by atoms with Crippen molar-refractivity contribution < 1.29 is 13.2 Å². The zero-order valence-electron chi connectivity index (χ0n) is 9.07. The molecule has 0 unspecified atom stereocenters. The van der Waals surface area contributed by atoms with Crippen molar-refractivity contribution in [3.8, 4) is 11.8 Å². The van der Waals surface area contributed by atoms with Gasteiger partial charge in [-0.2, -0.15) is 13.2 Å². The lowest BCUT2D eigenvalue weighted by Gasteiger charge is -2.10. The molecule has 1 rings (SSSR count). The van der Waals surface area contributed by atoms with Crippen LogP contribution < -0.4 is 5.32 Å². The second kappa shape index (κ2) is 5.04. The molecule has 16 heavy (non-hydrogen) atoms. The van der Waals surface area contributed by atoms with Crippen LogP contribution in [0.4, 0.5) is 13.2 Å². The highest BCUT2D eigenvalue weighted by Gasteiger charge is 2.32. The Balaban J connectivity index is 3.11. The van der Waals surface area contributed by atoms with Crippen LogP contribution in [0.2, 0.25) is 0 Å². The average Bonchev–Trinajstić information content (AvgIpc) is 2.19. The topological polar surface area (TPSA) is 12.0 Å². The minimum atomic E-state index is -4.31. The van der Waals surface area contributed by atoms with Crippen LogP contribution in [-0.4, -0.2) is 13.6 Å². The molecular weight excluding hydrogens is 215 g/mol. The van der Waals surface area contributed by atoms with Crippen molar-refractivity contribution in [2.75, 3.05) is 13.6 Å². The number of benzene rings is 1. The van der Waals surface area contributed by atoms with Gasteiger partial charge in [0.2, 0.25) is 0 Å². The molecule has 1 N–H and O–H groups in total. The Hall–Kier alpha value is -1.47. The van der Waals surface area contributed by atoms with E-state index < -0.39 is 11.7 Å². The molecule has 0 radical (unpaired) electrons. The number of hydrogen-bond acceptors (Lipinski definition) is 1. The molecule has 0 fully saturated rings. The summed E-state index contributed by atoms with van der Waals surface area (Å²) in [7, 11) is 1.73. The predicted octanol–water partition coefficient (Wildman–Crippen LogP) is 2.58. The van der Waals surface area contributed by atoms with E-state index >= 15 is 0 Å². The third kappa shape index (κ3) is 3.01. The molecule has 0 aliphatic carbocycles. The van der Waals surface area contributed by atoms with Gasteiger partial charge in [-0.3, -0.25) is 0 Å². The fourth-order valence-corrected chi connectivity index (χ4v) is 1.31. The number of halogens is 3. The van der Waals surface area contributed by atoms with Gasteiger partial charge in [-0.25, -0.2) is 0 Å². The van der Waals surface area contributed by atoms with E-state index in [1.807, 2.05) is 0 Å². The van der Waals surface area contributed by atoms with E-state index in [0.29, 0.717) is 12.1 Å². The molecule has 0 bridgehead atoms. The van der Waals surface area contributed by atoms with Gasteiger partial charge >= 0.3 is 6.18 Å². The number of hydrogen-bond donors (Lipinski definition) is 1. The quantitative estimate of drug-likeness (QED) is 0.727. The third-order valence-corrected chi connectivity index (χ3v) is 2.13. The second-order valence-corrected chi connectivity index (χ2v) is 3.31. The van der Waals surface area contributed by atoms with Gasteiger partial charge < -0.3 is 5.32 Å². The van der Waals surface area contributed by atoms with E-state index in [1.165, 1.54) is 13.0 Å². The van der Waals surface area contributed by atoms with E-state index in [9.17, 15) is 13.2 Å². The third-order valence-electron chi connectivity index (χ3n) is 2.13. The Morgan fingerprint density at radius 2 is 2.00 bits per heavy atom. The summed E-state index contributed by atoms with van der Waals surface area (Å²) in [6.07, 6.45) is -4.31. The summed E-state index contributed by atoms with van der Waals surface area (Å²) in [5.41, 5.74) is -0.0209. The second-order valence-electron chi connectivity index (χ2n) is 3.31. The summed E-state index contributed by atoms with van der Waals surface area (Å²) < 4.78 is 37.7. The summed E-state index contributed by atoms with van der Waals surface area (Å²) in [6.45, 7) is 1.89. The lowest BCUT2D eigenvalue weighted by atomic mass is 10.0. The average molecular weight is 227 g/mol. The maximum absolute atomic E-state index is 12.6. The molecular formula is C12H12F3N. The lowest BCUT2D eigenvalue weighted by Crippen LogP contribution is -2.08. The van der Waals surface area contributed by atoms with Crippen molar-refractivity contribution in [3.63, 3.8) is 0 Å². The molecule has 0 saturated carbocycles. The summed E-state index contributed by atoms with van der Waals surface area (Å²) in [6, 6.07) is 4.03. The number of alkyl halides is 3. The molecule has 0 saturated heterocycles. The van der Waals surface area contributed by atoms with Crippen LogP contribution in [0.3, 0.4) is 0 Å². The van der Waals surface area contributed by atoms with Crippen LogP contribution in [0, 0.1) is 18.8 Å². The zero-order valence-corrected chi connectivity index (χ0v) is 9.07.